The Labute approximate surface area is 237 Å². The highest BCUT2D eigenvalue weighted by Gasteiger charge is 2.29. The van der Waals surface area contributed by atoms with E-state index < -0.39 is 5.97 Å². The van der Waals surface area contributed by atoms with E-state index in [1.165, 1.54) is 7.11 Å². The number of nitrogens with one attached hydrogen (secondary N) is 2. The lowest BCUT2D eigenvalue weighted by molar-refractivity contribution is -0.110. The molecule has 0 unspecified atom stereocenters. The van der Waals surface area contributed by atoms with Gasteiger partial charge in [0, 0.05) is 47.7 Å². The van der Waals surface area contributed by atoms with E-state index in [9.17, 15) is 14.4 Å². The summed E-state index contributed by atoms with van der Waals surface area (Å²) in [5.41, 5.74) is 4.49. The van der Waals surface area contributed by atoms with Crippen molar-refractivity contribution in [2.75, 3.05) is 52.0 Å². The topological polar surface area (TPSA) is 117 Å². The van der Waals surface area contributed by atoms with Gasteiger partial charge in [-0.3, -0.25) is 9.59 Å². The van der Waals surface area contributed by atoms with Gasteiger partial charge in [0.2, 0.25) is 0 Å². The summed E-state index contributed by atoms with van der Waals surface area (Å²) in [6, 6.07) is 17.9. The average Bonchev–Trinajstić information content (AvgIpc) is 3.32. The Kier molecular flexibility index (Phi) is 7.75. The highest BCUT2D eigenvalue weighted by molar-refractivity contribution is 6.37. The van der Waals surface area contributed by atoms with E-state index in [2.05, 4.69) is 20.8 Å². The van der Waals surface area contributed by atoms with Crippen molar-refractivity contribution < 1.29 is 19.1 Å². The van der Waals surface area contributed by atoms with E-state index in [1.54, 1.807) is 54.7 Å². The first-order valence-electron chi connectivity index (χ1n) is 13.0. The Hall–Kier alpha value is -5.09. The average molecular weight is 551 g/mol. The zero-order valence-corrected chi connectivity index (χ0v) is 23.3. The van der Waals surface area contributed by atoms with Gasteiger partial charge in [-0.2, -0.15) is 10.2 Å². The van der Waals surface area contributed by atoms with Crippen LogP contribution in [0.4, 0.5) is 11.4 Å². The van der Waals surface area contributed by atoms with Crippen LogP contribution in [0.5, 0.6) is 0 Å². The predicted octanol–water partition coefficient (Wildman–Crippen LogP) is 3.98. The normalized spacial score (nSPS) is 13.5. The number of amides is 2. The van der Waals surface area contributed by atoms with E-state index in [0.29, 0.717) is 45.9 Å². The molecular weight excluding hydrogens is 520 g/mol. The summed E-state index contributed by atoms with van der Waals surface area (Å²) in [4.78, 5) is 42.1. The standard InChI is InChI=1S/C31H30N6O4/c1-36(2)13-14-37(3)30(39)19-7-10-24(11-8-19)34-28(20-5-6-22-17-32-33-18-23(22)15-20)27-25-12-9-21(31(40)41-4)16-26(25)35-29(27)38/h5-12,15-18,34H,13-14H2,1-4H3,(H,35,38). The lowest BCUT2D eigenvalue weighted by Gasteiger charge is -2.20. The first-order valence-corrected chi connectivity index (χ1v) is 13.0. The maximum atomic E-state index is 13.4. The number of anilines is 2. The van der Waals surface area contributed by atoms with Crippen molar-refractivity contribution in [3.05, 3.63) is 95.3 Å². The molecule has 0 spiro atoms. The number of benzene rings is 3. The van der Waals surface area contributed by atoms with E-state index in [0.717, 1.165) is 22.9 Å². The molecule has 0 bridgehead atoms. The first kappa shape index (κ1) is 27.5. The molecule has 41 heavy (non-hydrogen) atoms. The molecule has 10 heteroatoms. The number of likely N-dealkylation sites (N-methyl/N-ethyl adjacent to an activating group) is 2. The minimum absolute atomic E-state index is 0.0712. The summed E-state index contributed by atoms with van der Waals surface area (Å²) in [5, 5.41) is 16.0. The third-order valence-electron chi connectivity index (χ3n) is 6.90. The van der Waals surface area contributed by atoms with Crippen LogP contribution in [0.2, 0.25) is 0 Å². The summed E-state index contributed by atoms with van der Waals surface area (Å²) in [6.45, 7) is 1.38. The van der Waals surface area contributed by atoms with E-state index in [-0.39, 0.29) is 11.8 Å². The van der Waals surface area contributed by atoms with Crippen LogP contribution in [0.25, 0.3) is 22.0 Å². The van der Waals surface area contributed by atoms with Crippen LogP contribution in [0.1, 0.15) is 31.8 Å². The highest BCUT2D eigenvalue weighted by atomic mass is 16.5. The van der Waals surface area contributed by atoms with Crippen molar-refractivity contribution in [1.29, 1.82) is 0 Å². The van der Waals surface area contributed by atoms with Crippen molar-refractivity contribution in [2.24, 2.45) is 0 Å². The monoisotopic (exact) mass is 550 g/mol. The van der Waals surface area contributed by atoms with Gasteiger partial charge >= 0.3 is 5.97 Å². The second kappa shape index (κ2) is 11.6. The van der Waals surface area contributed by atoms with Crippen LogP contribution < -0.4 is 10.6 Å². The van der Waals surface area contributed by atoms with E-state index in [4.69, 9.17) is 4.74 Å². The van der Waals surface area contributed by atoms with Crippen molar-refractivity contribution in [3.8, 4) is 0 Å². The quantitative estimate of drug-likeness (QED) is 0.250. The molecule has 2 N–H and O–H groups in total. The second-order valence-corrected chi connectivity index (χ2v) is 10.0. The van der Waals surface area contributed by atoms with Crippen LogP contribution in [-0.2, 0) is 9.53 Å². The summed E-state index contributed by atoms with van der Waals surface area (Å²) >= 11 is 0. The fourth-order valence-electron chi connectivity index (χ4n) is 4.61. The second-order valence-electron chi connectivity index (χ2n) is 10.0. The Morgan fingerprint density at radius 2 is 1.54 bits per heavy atom. The van der Waals surface area contributed by atoms with Crippen molar-refractivity contribution >= 4 is 51.2 Å². The van der Waals surface area contributed by atoms with E-state index in [1.807, 2.05) is 49.3 Å². The summed E-state index contributed by atoms with van der Waals surface area (Å²) < 4.78 is 4.84. The number of rotatable bonds is 8. The van der Waals surface area contributed by atoms with Crippen molar-refractivity contribution in [3.63, 3.8) is 0 Å². The van der Waals surface area contributed by atoms with Crippen LogP contribution in [0.15, 0.2) is 73.1 Å². The predicted molar refractivity (Wildman–Crippen MR) is 158 cm³/mol. The molecule has 0 atom stereocenters. The van der Waals surface area contributed by atoms with Gasteiger partial charge in [-0.15, -0.1) is 0 Å². The van der Waals surface area contributed by atoms with Gasteiger partial charge in [0.15, 0.2) is 0 Å². The minimum Gasteiger partial charge on any atom is -0.465 e. The fraction of sp³-hybridized carbons (Fsp3) is 0.194. The Balaban J connectivity index is 1.54. The molecule has 0 saturated heterocycles. The number of nitrogens with zero attached hydrogens (tertiary/aromatic N) is 4. The smallest absolute Gasteiger partial charge is 0.337 e. The number of esters is 1. The number of hydrogen-bond acceptors (Lipinski definition) is 8. The Bertz CT molecular complexity index is 1680. The number of carbonyl (C=O) groups excluding carboxylic acids is 3. The third kappa shape index (κ3) is 5.78. The number of fused-ring (bicyclic) bond motifs is 2. The molecular formula is C31H30N6O4. The molecule has 0 saturated carbocycles. The summed E-state index contributed by atoms with van der Waals surface area (Å²) in [5.74, 6) is -0.875. The molecule has 5 rings (SSSR count). The van der Waals surface area contributed by atoms with Gasteiger partial charge in [0.1, 0.15) is 0 Å². The molecule has 1 aromatic heterocycles. The summed E-state index contributed by atoms with van der Waals surface area (Å²) in [6.07, 6.45) is 3.34. The molecule has 10 nitrogen and oxygen atoms in total. The number of methoxy groups -OCH3 is 1. The molecule has 3 aromatic carbocycles. The number of ether oxygens (including phenoxy) is 1. The third-order valence-corrected chi connectivity index (χ3v) is 6.90. The van der Waals surface area contributed by atoms with Gasteiger partial charge in [-0.05, 0) is 62.1 Å². The largest absolute Gasteiger partial charge is 0.465 e. The minimum atomic E-state index is -0.490. The first-order chi connectivity index (χ1) is 19.7. The molecule has 2 amide bonds. The Morgan fingerprint density at radius 3 is 2.24 bits per heavy atom. The van der Waals surface area contributed by atoms with Crippen LogP contribution in [-0.4, -0.2) is 79.1 Å². The lowest BCUT2D eigenvalue weighted by atomic mass is 9.97. The molecule has 1 aliphatic heterocycles. The maximum Gasteiger partial charge on any atom is 0.337 e. The molecule has 4 aromatic rings. The number of carbonyl (C=O) groups is 3. The zero-order chi connectivity index (χ0) is 29.1. The Morgan fingerprint density at radius 1 is 0.854 bits per heavy atom. The fourth-order valence-corrected chi connectivity index (χ4v) is 4.61. The van der Waals surface area contributed by atoms with Gasteiger partial charge < -0.3 is 25.2 Å². The molecule has 208 valence electrons. The number of aromatic nitrogens is 2. The zero-order valence-electron chi connectivity index (χ0n) is 23.3. The molecule has 0 aliphatic carbocycles. The van der Waals surface area contributed by atoms with Crippen molar-refractivity contribution in [1.82, 2.24) is 20.0 Å². The van der Waals surface area contributed by atoms with Gasteiger partial charge in [0.25, 0.3) is 11.8 Å². The van der Waals surface area contributed by atoms with Crippen molar-refractivity contribution in [2.45, 2.75) is 0 Å². The highest BCUT2D eigenvalue weighted by Crippen LogP contribution is 2.38. The van der Waals surface area contributed by atoms with Crippen LogP contribution >= 0.6 is 0 Å². The molecule has 0 radical (unpaired) electrons. The maximum absolute atomic E-state index is 13.4. The van der Waals surface area contributed by atoms with Gasteiger partial charge in [-0.1, -0.05) is 18.2 Å². The molecule has 2 heterocycles. The SMILES string of the molecule is COC(=O)c1ccc2c(c1)NC(=O)C2=C(Nc1ccc(C(=O)N(C)CCN(C)C)cc1)c1ccc2cnncc2c1. The van der Waals surface area contributed by atoms with Crippen LogP contribution in [0, 0.1) is 0 Å². The van der Waals surface area contributed by atoms with E-state index >= 15 is 0 Å². The number of hydrogen-bond donors (Lipinski definition) is 2. The van der Waals surface area contributed by atoms with Gasteiger partial charge in [0.05, 0.1) is 42.0 Å². The van der Waals surface area contributed by atoms with Gasteiger partial charge in [-0.25, -0.2) is 4.79 Å². The van der Waals surface area contributed by atoms with Crippen LogP contribution in [0.3, 0.4) is 0 Å². The molecule has 1 aliphatic rings. The lowest BCUT2D eigenvalue weighted by Crippen LogP contribution is -2.33. The summed E-state index contributed by atoms with van der Waals surface area (Å²) in [7, 11) is 7.03. The molecule has 0 fully saturated rings.